The van der Waals surface area contributed by atoms with E-state index in [9.17, 15) is 8.42 Å². The molecule has 2 unspecified atom stereocenters. The number of rotatable bonds is 5. The van der Waals surface area contributed by atoms with E-state index >= 15 is 0 Å². The molecule has 19 heavy (non-hydrogen) atoms. The zero-order valence-electron chi connectivity index (χ0n) is 11.1. The van der Waals surface area contributed by atoms with Gasteiger partial charge in [-0.05, 0) is 49.9 Å². The molecule has 5 heteroatoms. The second kappa shape index (κ2) is 6.25. The molecule has 1 aliphatic heterocycles. The van der Waals surface area contributed by atoms with Gasteiger partial charge in [0.2, 0.25) is 0 Å². The van der Waals surface area contributed by atoms with Crippen LogP contribution in [0.3, 0.4) is 0 Å². The van der Waals surface area contributed by atoms with Crippen LogP contribution in [-0.2, 0) is 16.3 Å². The number of benzene rings is 1. The van der Waals surface area contributed by atoms with Crippen LogP contribution in [0.15, 0.2) is 24.3 Å². The number of halogens is 1. The largest absolute Gasteiger partial charge is 0.314 e. The number of hydrogen-bond donors (Lipinski definition) is 1. The molecule has 0 bridgehead atoms. The van der Waals surface area contributed by atoms with Crippen molar-refractivity contribution in [3.05, 3.63) is 34.9 Å². The molecule has 1 aromatic rings. The van der Waals surface area contributed by atoms with E-state index in [1.807, 2.05) is 24.3 Å². The van der Waals surface area contributed by atoms with Gasteiger partial charge in [0.1, 0.15) is 0 Å². The summed E-state index contributed by atoms with van der Waals surface area (Å²) in [6.07, 6.45) is 1.72. The third-order valence-electron chi connectivity index (χ3n) is 3.54. The van der Waals surface area contributed by atoms with Gasteiger partial charge in [-0.15, -0.1) is 0 Å². The summed E-state index contributed by atoms with van der Waals surface area (Å²) in [6, 6.07) is 8.19. The average Bonchev–Trinajstić information content (AvgIpc) is 2.69. The maximum atomic E-state index is 11.4. The average molecular weight is 302 g/mol. The molecule has 0 spiro atoms. The molecule has 0 aromatic heterocycles. The van der Waals surface area contributed by atoms with Crippen LogP contribution < -0.4 is 5.32 Å². The number of nitrogens with one attached hydrogen (secondary N) is 1. The minimum absolute atomic E-state index is 0.276. The molecule has 0 saturated carbocycles. The fourth-order valence-electron chi connectivity index (χ4n) is 2.45. The third-order valence-corrected chi connectivity index (χ3v) is 5.63. The zero-order valence-corrected chi connectivity index (χ0v) is 12.7. The van der Waals surface area contributed by atoms with Crippen molar-refractivity contribution in [2.45, 2.75) is 25.8 Å². The first-order valence-corrected chi connectivity index (χ1v) is 8.83. The van der Waals surface area contributed by atoms with Crippen molar-refractivity contribution < 1.29 is 8.42 Å². The summed E-state index contributed by atoms with van der Waals surface area (Å²) in [5.41, 5.74) is 1.24. The summed E-state index contributed by atoms with van der Waals surface area (Å²) in [7, 11) is -2.76. The minimum Gasteiger partial charge on any atom is -0.314 e. The zero-order chi connectivity index (χ0) is 13.9. The van der Waals surface area contributed by atoms with E-state index in [1.54, 1.807) is 0 Å². The van der Waals surface area contributed by atoms with Gasteiger partial charge in [-0.2, -0.15) is 0 Å². The monoisotopic (exact) mass is 301 g/mol. The minimum atomic E-state index is -2.76. The van der Waals surface area contributed by atoms with Gasteiger partial charge in [-0.3, -0.25) is 0 Å². The van der Waals surface area contributed by atoms with E-state index in [-0.39, 0.29) is 5.92 Å². The van der Waals surface area contributed by atoms with Crippen molar-refractivity contribution in [1.82, 2.24) is 5.32 Å². The molecule has 2 rings (SSSR count). The Morgan fingerprint density at radius 1 is 1.37 bits per heavy atom. The fourth-order valence-corrected chi connectivity index (χ4v) is 4.43. The molecule has 1 aromatic carbocycles. The van der Waals surface area contributed by atoms with Crippen molar-refractivity contribution in [3.8, 4) is 0 Å². The predicted molar refractivity (Wildman–Crippen MR) is 79.4 cm³/mol. The van der Waals surface area contributed by atoms with E-state index in [0.29, 0.717) is 17.5 Å². The van der Waals surface area contributed by atoms with Crippen molar-refractivity contribution in [1.29, 1.82) is 0 Å². The first kappa shape index (κ1) is 14.8. The van der Waals surface area contributed by atoms with E-state index < -0.39 is 9.84 Å². The van der Waals surface area contributed by atoms with Gasteiger partial charge in [-0.1, -0.05) is 23.7 Å². The van der Waals surface area contributed by atoms with E-state index in [1.165, 1.54) is 5.56 Å². The first-order valence-electron chi connectivity index (χ1n) is 6.63. The fraction of sp³-hybridized carbons (Fsp3) is 0.571. The Hall–Kier alpha value is -0.580. The van der Waals surface area contributed by atoms with Crippen LogP contribution in [0.25, 0.3) is 0 Å². The molecule has 2 atom stereocenters. The van der Waals surface area contributed by atoms with E-state index in [2.05, 4.69) is 12.2 Å². The maximum absolute atomic E-state index is 11.4. The van der Waals surface area contributed by atoms with Gasteiger partial charge in [0.25, 0.3) is 0 Å². The van der Waals surface area contributed by atoms with Crippen LogP contribution in [0, 0.1) is 5.92 Å². The summed E-state index contributed by atoms with van der Waals surface area (Å²) >= 11 is 5.85. The highest BCUT2D eigenvalue weighted by Gasteiger charge is 2.27. The topological polar surface area (TPSA) is 46.2 Å². The molecular weight excluding hydrogens is 282 g/mol. The smallest absolute Gasteiger partial charge is 0.150 e. The Morgan fingerprint density at radius 2 is 2.05 bits per heavy atom. The van der Waals surface area contributed by atoms with Crippen LogP contribution in [0.2, 0.25) is 5.02 Å². The summed E-state index contributed by atoms with van der Waals surface area (Å²) in [6.45, 7) is 2.91. The molecule has 0 aliphatic carbocycles. The summed E-state index contributed by atoms with van der Waals surface area (Å²) in [5, 5.41) is 4.18. The second-order valence-electron chi connectivity index (χ2n) is 5.41. The highest BCUT2D eigenvalue weighted by Crippen LogP contribution is 2.18. The Bertz CT molecular complexity index is 513. The molecule has 1 heterocycles. The Labute approximate surface area is 120 Å². The highest BCUT2D eigenvalue weighted by atomic mass is 35.5. The van der Waals surface area contributed by atoms with Crippen LogP contribution in [0.5, 0.6) is 0 Å². The normalized spacial score (nSPS) is 23.4. The predicted octanol–water partition coefficient (Wildman–Crippen LogP) is 2.30. The van der Waals surface area contributed by atoms with Crippen molar-refractivity contribution in [2.24, 2.45) is 5.92 Å². The standard InChI is InChI=1S/C14H20ClNO2S/c1-11(8-12-2-4-14(15)5-3-12)16-9-13-6-7-19(17,18)10-13/h2-5,11,13,16H,6-10H2,1H3. The molecule has 0 amide bonds. The van der Waals surface area contributed by atoms with Gasteiger partial charge < -0.3 is 5.32 Å². The van der Waals surface area contributed by atoms with Crippen LogP contribution in [0.1, 0.15) is 18.9 Å². The second-order valence-corrected chi connectivity index (χ2v) is 8.07. The lowest BCUT2D eigenvalue weighted by atomic mass is 10.1. The molecular formula is C14H20ClNO2S. The third kappa shape index (κ3) is 4.79. The molecule has 1 fully saturated rings. The molecule has 1 aliphatic rings. The maximum Gasteiger partial charge on any atom is 0.150 e. The molecule has 3 nitrogen and oxygen atoms in total. The van der Waals surface area contributed by atoms with Crippen LogP contribution in [0.4, 0.5) is 0 Å². The number of sulfone groups is 1. The SMILES string of the molecule is CC(Cc1ccc(Cl)cc1)NCC1CCS(=O)(=O)C1. The van der Waals surface area contributed by atoms with Gasteiger partial charge in [0, 0.05) is 11.1 Å². The van der Waals surface area contributed by atoms with Gasteiger partial charge in [-0.25, -0.2) is 8.42 Å². The summed E-state index contributed by atoms with van der Waals surface area (Å²) in [4.78, 5) is 0. The lowest BCUT2D eigenvalue weighted by molar-refractivity contribution is 0.465. The van der Waals surface area contributed by atoms with Gasteiger partial charge in [0.15, 0.2) is 9.84 Å². The Balaban J connectivity index is 1.76. The van der Waals surface area contributed by atoms with Crippen molar-refractivity contribution in [2.75, 3.05) is 18.1 Å². The molecule has 106 valence electrons. The van der Waals surface area contributed by atoms with Gasteiger partial charge >= 0.3 is 0 Å². The summed E-state index contributed by atoms with van der Waals surface area (Å²) in [5.74, 6) is 0.969. The van der Waals surface area contributed by atoms with E-state index in [0.717, 1.165) is 24.4 Å². The molecule has 1 N–H and O–H groups in total. The van der Waals surface area contributed by atoms with Gasteiger partial charge in [0.05, 0.1) is 11.5 Å². The lowest BCUT2D eigenvalue weighted by Gasteiger charge is -2.16. The van der Waals surface area contributed by atoms with E-state index in [4.69, 9.17) is 11.6 Å². The Morgan fingerprint density at radius 3 is 2.63 bits per heavy atom. The quantitative estimate of drug-likeness (QED) is 0.908. The molecule has 0 radical (unpaired) electrons. The van der Waals surface area contributed by atoms with Crippen LogP contribution in [-0.4, -0.2) is 32.5 Å². The first-order chi connectivity index (χ1) is 8.94. The van der Waals surface area contributed by atoms with Crippen molar-refractivity contribution >= 4 is 21.4 Å². The summed E-state index contributed by atoms with van der Waals surface area (Å²) < 4.78 is 22.7. The van der Waals surface area contributed by atoms with Crippen molar-refractivity contribution in [3.63, 3.8) is 0 Å². The molecule has 1 saturated heterocycles. The lowest BCUT2D eigenvalue weighted by Crippen LogP contribution is -2.33. The Kier molecular flexibility index (Phi) is 4.87. The highest BCUT2D eigenvalue weighted by molar-refractivity contribution is 7.91. The number of hydrogen-bond acceptors (Lipinski definition) is 3. The van der Waals surface area contributed by atoms with Crippen LogP contribution >= 0.6 is 11.6 Å².